The Morgan fingerprint density at radius 2 is 1.87 bits per heavy atom. The second kappa shape index (κ2) is 9.11. The number of hydrogen-bond donors (Lipinski definition) is 1. The van der Waals surface area contributed by atoms with E-state index in [0.29, 0.717) is 30.2 Å². The standard InChI is InChI=1S/C23H26N2O5S/c1-28-17-12-11-14(20(29-2)21(17)30-3)19(25-13-7-6-9-16(25)23(26)27)22-24-15-8-4-5-10-18(15)31-22/h4-5,8,10-12,16,19H,6-7,9,13H2,1-3H3,(H,26,27). The van der Waals surface area contributed by atoms with Gasteiger partial charge >= 0.3 is 5.97 Å². The van der Waals surface area contributed by atoms with Gasteiger partial charge in [-0.3, -0.25) is 9.69 Å². The van der Waals surface area contributed by atoms with Crippen molar-refractivity contribution in [3.05, 3.63) is 47.0 Å². The van der Waals surface area contributed by atoms with Crippen LogP contribution in [-0.4, -0.2) is 54.9 Å². The zero-order valence-corrected chi connectivity index (χ0v) is 18.6. The van der Waals surface area contributed by atoms with Crippen molar-refractivity contribution in [3.63, 3.8) is 0 Å². The molecule has 2 atom stereocenters. The Kier molecular flexibility index (Phi) is 6.29. The number of aromatic nitrogens is 1. The first-order valence-corrected chi connectivity index (χ1v) is 11.0. The fourth-order valence-corrected chi connectivity index (χ4v) is 5.44. The molecule has 8 heteroatoms. The van der Waals surface area contributed by atoms with Crippen molar-refractivity contribution in [1.29, 1.82) is 0 Å². The van der Waals surface area contributed by atoms with Crippen LogP contribution in [0, 0.1) is 0 Å². The first-order valence-electron chi connectivity index (χ1n) is 10.2. The summed E-state index contributed by atoms with van der Waals surface area (Å²) in [5.74, 6) is 0.753. The van der Waals surface area contributed by atoms with Crippen LogP contribution < -0.4 is 14.2 Å². The average molecular weight is 443 g/mol. The van der Waals surface area contributed by atoms with Gasteiger partial charge in [0.15, 0.2) is 11.5 Å². The summed E-state index contributed by atoms with van der Waals surface area (Å²) in [5, 5.41) is 10.8. The van der Waals surface area contributed by atoms with E-state index in [1.54, 1.807) is 32.7 Å². The maximum Gasteiger partial charge on any atom is 0.320 e. The molecule has 2 aromatic carbocycles. The van der Waals surface area contributed by atoms with Gasteiger partial charge in [0.1, 0.15) is 11.0 Å². The highest BCUT2D eigenvalue weighted by atomic mass is 32.1. The lowest BCUT2D eigenvalue weighted by Gasteiger charge is -2.39. The van der Waals surface area contributed by atoms with Gasteiger partial charge in [-0.25, -0.2) is 4.98 Å². The number of likely N-dealkylation sites (tertiary alicyclic amines) is 1. The van der Waals surface area contributed by atoms with Gasteiger partial charge < -0.3 is 19.3 Å². The zero-order chi connectivity index (χ0) is 22.0. The number of benzene rings is 2. The minimum absolute atomic E-state index is 0.381. The molecule has 1 N–H and O–H groups in total. The van der Waals surface area contributed by atoms with Gasteiger partial charge in [0.2, 0.25) is 5.75 Å². The molecule has 0 amide bonds. The number of rotatable bonds is 7. The van der Waals surface area contributed by atoms with Crippen molar-refractivity contribution >= 4 is 27.5 Å². The van der Waals surface area contributed by atoms with Gasteiger partial charge in [-0.15, -0.1) is 11.3 Å². The molecular formula is C23H26N2O5S. The van der Waals surface area contributed by atoms with Gasteiger partial charge in [0, 0.05) is 12.1 Å². The van der Waals surface area contributed by atoms with E-state index < -0.39 is 12.0 Å². The number of piperidine rings is 1. The normalized spacial score (nSPS) is 18.0. The topological polar surface area (TPSA) is 81.1 Å². The van der Waals surface area contributed by atoms with Gasteiger partial charge in [0.05, 0.1) is 37.6 Å². The largest absolute Gasteiger partial charge is 0.493 e. The molecule has 0 aliphatic carbocycles. The number of fused-ring (bicyclic) bond motifs is 1. The highest BCUT2D eigenvalue weighted by Gasteiger charge is 2.38. The molecule has 7 nitrogen and oxygen atoms in total. The monoisotopic (exact) mass is 442 g/mol. The number of para-hydroxylation sites is 1. The van der Waals surface area contributed by atoms with E-state index in [9.17, 15) is 9.90 Å². The number of ether oxygens (including phenoxy) is 3. The fraction of sp³-hybridized carbons (Fsp3) is 0.391. The molecule has 0 radical (unpaired) electrons. The van der Waals surface area contributed by atoms with Crippen LogP contribution in [0.4, 0.5) is 0 Å². The van der Waals surface area contributed by atoms with E-state index in [2.05, 4.69) is 0 Å². The van der Waals surface area contributed by atoms with Crippen LogP contribution >= 0.6 is 11.3 Å². The summed E-state index contributed by atoms with van der Waals surface area (Å²) in [4.78, 5) is 19.1. The van der Waals surface area contributed by atoms with E-state index in [-0.39, 0.29) is 6.04 Å². The predicted octanol–water partition coefficient (Wildman–Crippen LogP) is 4.35. The number of nitrogens with zero attached hydrogens (tertiary/aromatic N) is 2. The quantitative estimate of drug-likeness (QED) is 0.583. The minimum atomic E-state index is -0.815. The first-order chi connectivity index (χ1) is 15.1. The highest BCUT2D eigenvalue weighted by Crippen LogP contribution is 2.47. The summed E-state index contributed by atoms with van der Waals surface area (Å²) in [6.07, 6.45) is 2.43. The predicted molar refractivity (Wildman–Crippen MR) is 120 cm³/mol. The summed E-state index contributed by atoms with van der Waals surface area (Å²) in [6, 6.07) is 10.7. The molecular weight excluding hydrogens is 416 g/mol. The van der Waals surface area contributed by atoms with Crippen molar-refractivity contribution in [2.75, 3.05) is 27.9 Å². The van der Waals surface area contributed by atoms with E-state index >= 15 is 0 Å². The van der Waals surface area contributed by atoms with Gasteiger partial charge in [-0.2, -0.15) is 0 Å². The van der Waals surface area contributed by atoms with Crippen LogP contribution in [0.3, 0.4) is 0 Å². The van der Waals surface area contributed by atoms with Crippen molar-refractivity contribution in [1.82, 2.24) is 9.88 Å². The van der Waals surface area contributed by atoms with Crippen LogP contribution in [-0.2, 0) is 4.79 Å². The van der Waals surface area contributed by atoms with E-state index in [1.807, 2.05) is 41.3 Å². The maximum atomic E-state index is 12.1. The molecule has 3 aromatic rings. The lowest BCUT2D eigenvalue weighted by molar-refractivity contribution is -0.145. The number of carboxylic acid groups (broad SMARTS) is 1. The molecule has 1 fully saturated rings. The Balaban J connectivity index is 1.93. The highest BCUT2D eigenvalue weighted by molar-refractivity contribution is 7.18. The fourth-order valence-electron chi connectivity index (χ4n) is 4.33. The summed E-state index contributed by atoms with van der Waals surface area (Å²) in [6.45, 7) is 0.662. The van der Waals surface area contributed by atoms with E-state index in [4.69, 9.17) is 19.2 Å². The molecule has 1 saturated heterocycles. The average Bonchev–Trinajstić information content (AvgIpc) is 3.22. The number of thiazole rings is 1. The Hall–Kier alpha value is -2.84. The first kappa shape index (κ1) is 21.4. The molecule has 2 heterocycles. The molecule has 4 rings (SSSR count). The van der Waals surface area contributed by atoms with Crippen molar-refractivity contribution in [3.8, 4) is 17.2 Å². The van der Waals surface area contributed by atoms with Crippen LogP contribution in [0.5, 0.6) is 17.2 Å². The zero-order valence-electron chi connectivity index (χ0n) is 17.8. The van der Waals surface area contributed by atoms with Crippen LogP contribution in [0.25, 0.3) is 10.2 Å². The Morgan fingerprint density at radius 3 is 2.55 bits per heavy atom. The molecule has 2 unspecified atom stereocenters. The Morgan fingerprint density at radius 1 is 1.10 bits per heavy atom. The second-order valence-electron chi connectivity index (χ2n) is 7.43. The van der Waals surface area contributed by atoms with E-state index in [1.165, 1.54) is 0 Å². The van der Waals surface area contributed by atoms with Gasteiger partial charge in [0.25, 0.3) is 0 Å². The summed E-state index contributed by atoms with van der Waals surface area (Å²) in [5.41, 5.74) is 1.71. The summed E-state index contributed by atoms with van der Waals surface area (Å²) >= 11 is 1.58. The maximum absolute atomic E-state index is 12.1. The van der Waals surface area contributed by atoms with Crippen LogP contribution in [0.2, 0.25) is 0 Å². The second-order valence-corrected chi connectivity index (χ2v) is 8.50. The third-order valence-electron chi connectivity index (χ3n) is 5.73. The molecule has 1 aromatic heterocycles. The smallest absolute Gasteiger partial charge is 0.320 e. The lowest BCUT2D eigenvalue weighted by Crippen LogP contribution is -2.46. The number of carbonyl (C=O) groups is 1. The molecule has 164 valence electrons. The number of aliphatic carboxylic acids is 1. The van der Waals surface area contributed by atoms with Crippen molar-refractivity contribution in [2.45, 2.75) is 31.3 Å². The Bertz CT molecular complexity index is 1050. The van der Waals surface area contributed by atoms with Gasteiger partial charge in [-0.05, 0) is 37.1 Å². The minimum Gasteiger partial charge on any atom is -0.493 e. The lowest BCUT2D eigenvalue weighted by atomic mass is 9.95. The summed E-state index contributed by atoms with van der Waals surface area (Å²) in [7, 11) is 4.73. The van der Waals surface area contributed by atoms with Crippen molar-refractivity contribution in [2.24, 2.45) is 0 Å². The third-order valence-corrected chi connectivity index (χ3v) is 6.82. The molecule has 0 spiro atoms. The molecule has 31 heavy (non-hydrogen) atoms. The molecule has 0 saturated carbocycles. The molecule has 0 bridgehead atoms. The van der Waals surface area contributed by atoms with Gasteiger partial charge in [-0.1, -0.05) is 18.6 Å². The van der Waals surface area contributed by atoms with Crippen molar-refractivity contribution < 1.29 is 24.1 Å². The number of carboxylic acids is 1. The Labute approximate surface area is 185 Å². The number of methoxy groups -OCH3 is 3. The number of hydrogen-bond acceptors (Lipinski definition) is 7. The van der Waals surface area contributed by atoms with E-state index in [0.717, 1.165) is 33.6 Å². The molecule has 1 aliphatic heterocycles. The van der Waals surface area contributed by atoms with Crippen LogP contribution in [0.1, 0.15) is 35.9 Å². The van der Waals surface area contributed by atoms with Crippen LogP contribution in [0.15, 0.2) is 36.4 Å². The SMILES string of the molecule is COc1ccc(C(c2nc3ccccc3s2)N2CCCCC2C(=O)O)c(OC)c1OC. The summed E-state index contributed by atoms with van der Waals surface area (Å²) < 4.78 is 17.9. The molecule has 1 aliphatic rings. The third kappa shape index (κ3) is 3.93.